The number of hydrogen-bond acceptors (Lipinski definition) is 5. The second-order valence-corrected chi connectivity index (χ2v) is 9.82. The number of aliphatic hydroxyl groups is 1. The summed E-state index contributed by atoms with van der Waals surface area (Å²) in [6.45, 7) is 4.14. The van der Waals surface area contributed by atoms with Crippen molar-refractivity contribution in [2.45, 2.75) is 67.5 Å². The van der Waals surface area contributed by atoms with Gasteiger partial charge in [-0.25, -0.2) is 0 Å². The molecule has 4 rings (SSSR count). The van der Waals surface area contributed by atoms with Crippen molar-refractivity contribution in [3.05, 3.63) is 53.6 Å². The summed E-state index contributed by atoms with van der Waals surface area (Å²) in [6.07, 6.45) is 3.74. The average molecular weight is 436 g/mol. The Kier molecular flexibility index (Phi) is 7.05. The molecule has 1 saturated heterocycles. The molecule has 0 spiro atoms. The zero-order chi connectivity index (χ0) is 19.7. The van der Waals surface area contributed by atoms with Gasteiger partial charge in [-0.2, -0.15) is 0 Å². The summed E-state index contributed by atoms with van der Waals surface area (Å²) in [6, 6.07) is 14.9. The van der Waals surface area contributed by atoms with Gasteiger partial charge in [0.05, 0.1) is 18.1 Å². The number of nitrogens with one attached hydrogen (secondary N) is 1. The number of fused-ring (bicyclic) bond motifs is 1. The van der Waals surface area contributed by atoms with Gasteiger partial charge in [0, 0.05) is 12.1 Å². The highest BCUT2D eigenvalue weighted by Crippen LogP contribution is 2.48. The first-order valence-electron chi connectivity index (χ1n) is 10.0. The Morgan fingerprint density at radius 2 is 1.97 bits per heavy atom. The molecule has 4 nitrogen and oxygen atoms in total. The molecule has 2 heterocycles. The second kappa shape index (κ2) is 9.17. The van der Waals surface area contributed by atoms with Gasteiger partial charge in [-0.3, -0.25) is 0 Å². The Hall–Kier alpha value is -1.40. The third-order valence-electron chi connectivity index (χ3n) is 5.62. The van der Waals surface area contributed by atoms with Crippen LogP contribution in [-0.2, 0) is 6.42 Å². The molecule has 3 atom stereocenters. The van der Waals surface area contributed by atoms with Crippen molar-refractivity contribution < 1.29 is 14.6 Å². The number of aliphatic hydroxyl groups excluding tert-OH is 1. The zero-order valence-corrected chi connectivity index (χ0v) is 18.8. The standard InChI is InChI=1S/C23H29NO3S.ClH/c1-23(2)27-20-13-7-16(14-21(20)28-23)22(25)19-12-9-17(24-19)8-4-15-5-10-18(26-3)11-6-15;/h5-7,10-11,13-14,17,19,22,24-25H,4,8-9,12H2,1-3H3;1H. The number of ether oxygens (including phenoxy) is 2. The lowest BCUT2D eigenvalue weighted by Gasteiger charge is -2.21. The lowest BCUT2D eigenvalue weighted by atomic mass is 10.0. The number of hydrogen-bond donors (Lipinski definition) is 2. The normalized spacial score (nSPS) is 23.0. The number of aryl methyl sites for hydroxylation is 1. The molecule has 2 aliphatic rings. The molecule has 158 valence electrons. The highest BCUT2D eigenvalue weighted by molar-refractivity contribution is 8.00. The first-order chi connectivity index (χ1) is 13.4. The van der Waals surface area contributed by atoms with E-state index < -0.39 is 6.10 Å². The van der Waals surface area contributed by atoms with Crippen LogP contribution in [0.2, 0.25) is 0 Å². The number of methoxy groups -OCH3 is 1. The average Bonchev–Trinajstić information content (AvgIpc) is 3.28. The number of thioether (sulfide) groups is 1. The van der Waals surface area contributed by atoms with Gasteiger partial charge in [0.25, 0.3) is 0 Å². The van der Waals surface area contributed by atoms with Crippen LogP contribution in [0.15, 0.2) is 47.4 Å². The Balaban J connectivity index is 0.00000240. The molecule has 0 saturated carbocycles. The molecule has 6 heteroatoms. The number of benzene rings is 2. The third-order valence-corrected chi connectivity index (χ3v) is 6.73. The lowest BCUT2D eigenvalue weighted by molar-refractivity contribution is 0.134. The minimum atomic E-state index is -0.486. The van der Waals surface area contributed by atoms with E-state index in [-0.39, 0.29) is 23.4 Å². The topological polar surface area (TPSA) is 50.7 Å². The highest BCUT2D eigenvalue weighted by Gasteiger charge is 2.33. The molecule has 2 N–H and O–H groups in total. The van der Waals surface area contributed by atoms with E-state index in [0.29, 0.717) is 6.04 Å². The van der Waals surface area contributed by atoms with E-state index in [1.165, 1.54) is 5.56 Å². The zero-order valence-electron chi connectivity index (χ0n) is 17.2. The lowest BCUT2D eigenvalue weighted by Crippen LogP contribution is -2.34. The van der Waals surface area contributed by atoms with E-state index in [0.717, 1.165) is 47.6 Å². The number of halogens is 1. The van der Waals surface area contributed by atoms with Crippen LogP contribution >= 0.6 is 24.2 Å². The maximum Gasteiger partial charge on any atom is 0.153 e. The summed E-state index contributed by atoms with van der Waals surface area (Å²) in [4.78, 5) is 0.889. The molecule has 0 amide bonds. The van der Waals surface area contributed by atoms with Gasteiger partial charge in [0.2, 0.25) is 0 Å². The Morgan fingerprint density at radius 3 is 2.69 bits per heavy atom. The predicted molar refractivity (Wildman–Crippen MR) is 120 cm³/mol. The van der Waals surface area contributed by atoms with E-state index in [4.69, 9.17) is 9.47 Å². The highest BCUT2D eigenvalue weighted by atomic mass is 35.5. The van der Waals surface area contributed by atoms with Gasteiger partial charge in [0.15, 0.2) is 4.93 Å². The summed E-state index contributed by atoms with van der Waals surface area (Å²) in [7, 11) is 1.69. The summed E-state index contributed by atoms with van der Waals surface area (Å²) < 4.78 is 11.1. The molecular formula is C23H30ClNO3S. The van der Waals surface area contributed by atoms with Crippen LogP contribution in [0.5, 0.6) is 11.5 Å². The van der Waals surface area contributed by atoms with E-state index in [1.807, 2.05) is 24.3 Å². The van der Waals surface area contributed by atoms with Crippen molar-refractivity contribution in [2.75, 3.05) is 7.11 Å². The maximum atomic E-state index is 10.9. The van der Waals surface area contributed by atoms with Gasteiger partial charge >= 0.3 is 0 Å². The van der Waals surface area contributed by atoms with Crippen LogP contribution in [0.3, 0.4) is 0 Å². The van der Waals surface area contributed by atoms with E-state index in [9.17, 15) is 5.11 Å². The van der Waals surface area contributed by atoms with Crippen molar-refractivity contribution in [3.8, 4) is 11.5 Å². The van der Waals surface area contributed by atoms with E-state index in [2.05, 4.69) is 37.4 Å². The van der Waals surface area contributed by atoms with Crippen LogP contribution in [-0.4, -0.2) is 29.2 Å². The molecular weight excluding hydrogens is 406 g/mol. The summed E-state index contributed by atoms with van der Waals surface area (Å²) >= 11 is 1.71. The molecule has 0 radical (unpaired) electrons. The second-order valence-electron chi connectivity index (χ2n) is 8.19. The maximum absolute atomic E-state index is 10.9. The fourth-order valence-electron chi connectivity index (χ4n) is 4.12. The van der Waals surface area contributed by atoms with Crippen molar-refractivity contribution in [1.29, 1.82) is 0 Å². The Labute approximate surface area is 183 Å². The van der Waals surface area contributed by atoms with Crippen molar-refractivity contribution in [1.82, 2.24) is 5.32 Å². The first-order valence-corrected chi connectivity index (χ1v) is 10.8. The molecule has 1 fully saturated rings. The molecule has 2 aromatic carbocycles. The monoisotopic (exact) mass is 435 g/mol. The molecule has 0 bridgehead atoms. The fourth-order valence-corrected chi connectivity index (χ4v) is 5.18. The van der Waals surface area contributed by atoms with Gasteiger partial charge in [-0.1, -0.05) is 30.0 Å². The van der Waals surface area contributed by atoms with Crippen LogP contribution in [0.4, 0.5) is 0 Å². The summed E-state index contributed by atoms with van der Waals surface area (Å²) in [5, 5.41) is 14.6. The van der Waals surface area contributed by atoms with Crippen molar-refractivity contribution in [2.24, 2.45) is 0 Å². The molecule has 2 aromatic rings. The minimum Gasteiger partial charge on any atom is -0.497 e. The molecule has 2 aliphatic heterocycles. The Bertz CT molecular complexity index is 827. The quantitative estimate of drug-likeness (QED) is 0.659. The van der Waals surface area contributed by atoms with Gasteiger partial charge in [0.1, 0.15) is 11.5 Å². The fraction of sp³-hybridized carbons (Fsp3) is 0.478. The smallest absolute Gasteiger partial charge is 0.153 e. The predicted octanol–water partition coefficient (Wildman–Crippen LogP) is 5.12. The molecule has 3 unspecified atom stereocenters. The van der Waals surface area contributed by atoms with Crippen LogP contribution < -0.4 is 14.8 Å². The van der Waals surface area contributed by atoms with Crippen molar-refractivity contribution in [3.63, 3.8) is 0 Å². The first kappa shape index (κ1) is 22.3. The third kappa shape index (κ3) is 5.21. The summed E-state index contributed by atoms with van der Waals surface area (Å²) in [5.74, 6) is 1.81. The van der Waals surface area contributed by atoms with Crippen LogP contribution in [0.25, 0.3) is 0 Å². The summed E-state index contributed by atoms with van der Waals surface area (Å²) in [5.41, 5.74) is 2.30. The van der Waals surface area contributed by atoms with Crippen molar-refractivity contribution >= 4 is 24.2 Å². The van der Waals surface area contributed by atoms with Crippen LogP contribution in [0, 0.1) is 0 Å². The molecule has 0 aromatic heterocycles. The van der Waals surface area contributed by atoms with Gasteiger partial charge in [-0.15, -0.1) is 12.4 Å². The molecule has 29 heavy (non-hydrogen) atoms. The van der Waals surface area contributed by atoms with E-state index in [1.54, 1.807) is 18.9 Å². The SMILES string of the molecule is COc1ccc(CCC2CCC(C(O)c3ccc4c(c3)SC(C)(C)O4)N2)cc1.Cl. The van der Waals surface area contributed by atoms with Gasteiger partial charge in [-0.05, 0) is 74.9 Å². The minimum absolute atomic E-state index is 0. The van der Waals surface area contributed by atoms with Crippen LogP contribution in [0.1, 0.15) is 50.3 Å². The largest absolute Gasteiger partial charge is 0.497 e. The van der Waals surface area contributed by atoms with Gasteiger partial charge < -0.3 is 19.9 Å². The van der Waals surface area contributed by atoms with E-state index >= 15 is 0 Å². The molecule has 0 aliphatic carbocycles. The Morgan fingerprint density at radius 1 is 1.21 bits per heavy atom. The number of rotatable bonds is 6.